The minimum Gasteiger partial charge on any atom is -0.463 e. The van der Waals surface area contributed by atoms with E-state index in [1.54, 1.807) is 25.2 Å². The van der Waals surface area contributed by atoms with Crippen molar-refractivity contribution in [1.82, 2.24) is 20.6 Å². The molecule has 0 spiro atoms. The van der Waals surface area contributed by atoms with Gasteiger partial charge in [0, 0.05) is 27.3 Å². The number of hydrogen-bond acceptors (Lipinski definition) is 8. The zero-order chi connectivity index (χ0) is 21.3. The van der Waals surface area contributed by atoms with Crippen LogP contribution in [0.15, 0.2) is 44.1 Å². The molecule has 0 aromatic carbocycles. The Labute approximate surface area is 183 Å². The van der Waals surface area contributed by atoms with Crippen LogP contribution in [0.2, 0.25) is 0 Å². The molecule has 0 unspecified atom stereocenters. The number of carbonyl (C=O) groups is 2. The molecule has 4 heterocycles. The number of esters is 1. The van der Waals surface area contributed by atoms with Crippen LogP contribution in [0, 0.1) is 0 Å². The fraction of sp³-hybridized carbons (Fsp3) is 0.263. The summed E-state index contributed by atoms with van der Waals surface area (Å²) in [5, 5.41) is 10.2. The Balaban J connectivity index is 1.62. The number of ether oxygens (including phenoxy) is 1. The lowest BCUT2D eigenvalue weighted by Crippen LogP contribution is -2.49. The quantitative estimate of drug-likeness (QED) is 0.294. The maximum Gasteiger partial charge on any atom is 0.337 e. The molecule has 11 heteroatoms. The molecule has 1 aliphatic heterocycles. The lowest BCUT2D eigenvalue weighted by atomic mass is 10.1. The first-order valence-electron chi connectivity index (χ1n) is 9.13. The number of fused-ring (bicyclic) bond motifs is 1. The van der Waals surface area contributed by atoms with E-state index in [-0.39, 0.29) is 24.0 Å². The van der Waals surface area contributed by atoms with Gasteiger partial charge in [-0.15, -0.1) is 22.7 Å². The smallest absolute Gasteiger partial charge is 0.337 e. The van der Waals surface area contributed by atoms with Gasteiger partial charge in [0.05, 0.1) is 23.6 Å². The molecule has 0 bridgehead atoms. The van der Waals surface area contributed by atoms with Gasteiger partial charge in [0.1, 0.15) is 4.83 Å². The van der Waals surface area contributed by atoms with Gasteiger partial charge >= 0.3 is 12.0 Å². The summed E-state index contributed by atoms with van der Waals surface area (Å²) in [6.07, 6.45) is 0. The number of thiophene rings is 2. The summed E-state index contributed by atoms with van der Waals surface area (Å²) in [4.78, 5) is 46.0. The number of aromatic nitrogens is 2. The van der Waals surface area contributed by atoms with E-state index in [0.717, 1.165) is 10.4 Å². The highest BCUT2D eigenvalue weighted by Gasteiger charge is 2.29. The van der Waals surface area contributed by atoms with E-state index in [0.29, 0.717) is 26.6 Å². The van der Waals surface area contributed by atoms with Crippen LogP contribution in [0.25, 0.3) is 20.7 Å². The first kappa shape index (κ1) is 20.6. The third kappa shape index (κ3) is 4.00. The fourth-order valence-electron chi connectivity index (χ4n) is 3.14. The highest BCUT2D eigenvalue weighted by molar-refractivity contribution is 7.99. The number of carbonyl (C=O) groups excluding carboxylic acids is 2. The van der Waals surface area contributed by atoms with Gasteiger partial charge < -0.3 is 20.4 Å². The summed E-state index contributed by atoms with van der Waals surface area (Å²) in [5.74, 6) is -0.229. The Hall–Kier alpha value is -2.63. The van der Waals surface area contributed by atoms with Crippen molar-refractivity contribution in [3.05, 3.63) is 44.5 Å². The molecule has 1 aliphatic rings. The fourth-order valence-corrected chi connectivity index (χ4v) is 5.79. The first-order chi connectivity index (χ1) is 14.5. The van der Waals surface area contributed by atoms with Gasteiger partial charge in [0.25, 0.3) is 5.56 Å². The minimum atomic E-state index is -0.483. The van der Waals surface area contributed by atoms with Crippen molar-refractivity contribution in [2.24, 2.45) is 0 Å². The van der Waals surface area contributed by atoms with E-state index in [1.165, 1.54) is 23.1 Å². The van der Waals surface area contributed by atoms with Gasteiger partial charge in [-0.05, 0) is 25.3 Å². The summed E-state index contributed by atoms with van der Waals surface area (Å²) < 4.78 is 5.12. The molecule has 3 N–H and O–H groups in total. The maximum absolute atomic E-state index is 12.7. The molecule has 3 aromatic rings. The van der Waals surface area contributed by atoms with Gasteiger partial charge in [-0.3, -0.25) is 4.79 Å². The summed E-state index contributed by atoms with van der Waals surface area (Å²) in [6.45, 7) is 3.68. The van der Waals surface area contributed by atoms with Crippen molar-refractivity contribution < 1.29 is 14.3 Å². The average Bonchev–Trinajstić information content (AvgIpc) is 3.35. The van der Waals surface area contributed by atoms with Gasteiger partial charge in [0.15, 0.2) is 5.16 Å². The molecule has 3 aromatic heterocycles. The number of nitrogens with zero attached hydrogens (tertiary/aromatic N) is 1. The van der Waals surface area contributed by atoms with Crippen LogP contribution in [0.3, 0.4) is 0 Å². The lowest BCUT2D eigenvalue weighted by Gasteiger charge is -2.26. The summed E-state index contributed by atoms with van der Waals surface area (Å²) in [6, 6.07) is 3.05. The number of nitrogens with one attached hydrogen (secondary N) is 3. The maximum atomic E-state index is 12.7. The van der Waals surface area contributed by atoms with E-state index >= 15 is 0 Å². The Morgan fingerprint density at radius 1 is 1.33 bits per heavy atom. The molecule has 4 rings (SSSR count). The molecule has 8 nitrogen and oxygen atoms in total. The van der Waals surface area contributed by atoms with Gasteiger partial charge in [-0.2, -0.15) is 0 Å². The molecule has 30 heavy (non-hydrogen) atoms. The zero-order valence-electron chi connectivity index (χ0n) is 16.1. The molecule has 156 valence electrons. The van der Waals surface area contributed by atoms with Crippen LogP contribution in [0.1, 0.15) is 13.8 Å². The van der Waals surface area contributed by atoms with Crippen LogP contribution in [0.4, 0.5) is 4.79 Å². The summed E-state index contributed by atoms with van der Waals surface area (Å²) >= 11 is 4.22. The normalized spacial score (nSPS) is 16.5. The molecular formula is C19H18N4O4S3. The Morgan fingerprint density at radius 3 is 2.90 bits per heavy atom. The van der Waals surface area contributed by atoms with E-state index in [9.17, 15) is 14.4 Å². The molecule has 0 fully saturated rings. The van der Waals surface area contributed by atoms with Gasteiger partial charge in [-0.25, -0.2) is 14.6 Å². The predicted octanol–water partition coefficient (Wildman–Crippen LogP) is 3.32. The summed E-state index contributed by atoms with van der Waals surface area (Å²) in [7, 11) is 0. The third-order valence-electron chi connectivity index (χ3n) is 4.43. The molecule has 0 radical (unpaired) electrons. The predicted molar refractivity (Wildman–Crippen MR) is 119 cm³/mol. The third-order valence-corrected chi connectivity index (χ3v) is 7.10. The second kappa shape index (κ2) is 8.62. The first-order valence-corrected chi connectivity index (χ1v) is 11.9. The second-order valence-corrected chi connectivity index (χ2v) is 9.17. The SMILES string of the molecule is CCOC(=O)C1=C(CSc2nc3scc(-c4cccs4)c3c(=O)[nH]2)NC(=O)N[C@H]1C. The largest absolute Gasteiger partial charge is 0.463 e. The van der Waals surface area contributed by atoms with Crippen LogP contribution >= 0.6 is 34.4 Å². The summed E-state index contributed by atoms with van der Waals surface area (Å²) in [5.41, 5.74) is 1.47. The number of hydrogen-bond donors (Lipinski definition) is 3. The molecule has 0 saturated carbocycles. The van der Waals surface area contributed by atoms with Crippen molar-refractivity contribution >= 4 is 56.7 Å². The molecular weight excluding hydrogens is 444 g/mol. The van der Waals surface area contributed by atoms with Gasteiger partial charge in [0.2, 0.25) is 0 Å². The van der Waals surface area contributed by atoms with Crippen molar-refractivity contribution in [3.8, 4) is 10.4 Å². The van der Waals surface area contributed by atoms with E-state index < -0.39 is 12.0 Å². The zero-order valence-corrected chi connectivity index (χ0v) is 18.6. The Bertz CT molecular complexity index is 1200. The number of thioether (sulfide) groups is 1. The topological polar surface area (TPSA) is 113 Å². The van der Waals surface area contributed by atoms with Crippen molar-refractivity contribution in [3.63, 3.8) is 0 Å². The van der Waals surface area contributed by atoms with Crippen molar-refractivity contribution in [1.29, 1.82) is 0 Å². The lowest BCUT2D eigenvalue weighted by molar-refractivity contribution is -0.138. The molecule has 1 atom stereocenters. The Morgan fingerprint density at radius 2 is 2.17 bits per heavy atom. The second-order valence-electron chi connectivity index (χ2n) is 6.40. The highest BCUT2D eigenvalue weighted by atomic mass is 32.2. The monoisotopic (exact) mass is 462 g/mol. The van der Waals surface area contributed by atoms with Crippen molar-refractivity contribution in [2.75, 3.05) is 12.4 Å². The number of H-pyrrole nitrogens is 1. The highest BCUT2D eigenvalue weighted by Crippen LogP contribution is 2.34. The van der Waals surface area contributed by atoms with Crippen LogP contribution in [-0.2, 0) is 9.53 Å². The standard InChI is InChI=1S/C19H18N4O4S3/c1-3-27-17(25)13-9(2)20-18(26)21-11(13)8-30-19-22-15(24)14-10(7-29-16(14)23-19)12-5-4-6-28-12/h4-7,9H,3,8H2,1-2H3,(H2,20,21,26)(H,22,23,24)/t9-/m0/s1. The van der Waals surface area contributed by atoms with Crippen LogP contribution in [-0.4, -0.2) is 40.4 Å². The van der Waals surface area contributed by atoms with Gasteiger partial charge in [-0.1, -0.05) is 17.8 Å². The number of rotatable bonds is 6. The average molecular weight is 463 g/mol. The van der Waals surface area contributed by atoms with E-state index in [1.807, 2.05) is 22.9 Å². The minimum absolute atomic E-state index is 0.213. The Kier molecular flexibility index (Phi) is 5.93. The van der Waals surface area contributed by atoms with E-state index in [2.05, 4.69) is 20.6 Å². The number of urea groups is 1. The van der Waals surface area contributed by atoms with Crippen LogP contribution in [0.5, 0.6) is 0 Å². The van der Waals surface area contributed by atoms with E-state index in [4.69, 9.17) is 4.74 Å². The van der Waals surface area contributed by atoms with Crippen molar-refractivity contribution in [2.45, 2.75) is 25.0 Å². The molecule has 0 aliphatic carbocycles. The number of amides is 2. The molecule has 0 saturated heterocycles. The number of aromatic amines is 1. The molecule has 2 amide bonds. The van der Waals surface area contributed by atoms with Crippen LogP contribution < -0.4 is 16.2 Å².